The van der Waals surface area contributed by atoms with Gasteiger partial charge in [-0.2, -0.15) is 8.62 Å². The second kappa shape index (κ2) is 8.37. The van der Waals surface area contributed by atoms with Gasteiger partial charge >= 0.3 is 23.5 Å². The fourth-order valence-electron chi connectivity index (χ4n) is 1.16. The van der Waals surface area contributed by atoms with Gasteiger partial charge in [-0.3, -0.25) is 4.52 Å². The zero-order valence-electron chi connectivity index (χ0n) is 11.2. The highest BCUT2D eigenvalue weighted by atomic mass is 31.3. The summed E-state index contributed by atoms with van der Waals surface area (Å²) in [5.41, 5.74) is 0. The first-order valence-corrected chi connectivity index (χ1v) is 9.94. The van der Waals surface area contributed by atoms with Gasteiger partial charge in [-0.1, -0.05) is 0 Å². The summed E-state index contributed by atoms with van der Waals surface area (Å²) < 4.78 is 44.0. The summed E-state index contributed by atoms with van der Waals surface area (Å²) in [6, 6.07) is 0. The molecule has 2 unspecified atom stereocenters. The lowest BCUT2D eigenvalue weighted by Crippen LogP contribution is -2.45. The third-order valence-corrected chi connectivity index (χ3v) is 5.81. The van der Waals surface area contributed by atoms with Crippen LogP contribution in [0.5, 0.6) is 0 Å². The van der Waals surface area contributed by atoms with E-state index in [1.54, 1.807) is 0 Å². The van der Waals surface area contributed by atoms with Gasteiger partial charge in [0.2, 0.25) is 0 Å². The summed E-state index contributed by atoms with van der Waals surface area (Å²) in [6.07, 6.45) is -8.52. The number of aliphatic hydroxyl groups excluding tert-OH is 3. The molecule has 0 rings (SSSR count). The van der Waals surface area contributed by atoms with Gasteiger partial charge in [0, 0.05) is 0 Å². The molecule has 138 valence electrons. The van der Waals surface area contributed by atoms with Crippen molar-refractivity contribution >= 4 is 29.8 Å². The Morgan fingerprint density at radius 2 is 1.39 bits per heavy atom. The Balaban J connectivity index is 5.20. The lowest BCUT2D eigenvalue weighted by atomic mass is 10.1. The first-order valence-electron chi connectivity index (χ1n) is 5.42. The molecular formula is C6H15O14P3. The molecule has 0 spiro atoms. The van der Waals surface area contributed by atoms with Crippen LogP contribution in [0.2, 0.25) is 0 Å². The Hall–Kier alpha value is -0.0400. The predicted octanol–water partition coefficient (Wildman–Crippen LogP) is -2.00. The smallest absolute Gasteiger partial charge is 0.391 e. The molecule has 0 aliphatic carbocycles. The van der Waals surface area contributed by atoms with Crippen LogP contribution in [0, 0.1) is 0 Å². The molecule has 0 fully saturated rings. The molecule has 6 atom stereocenters. The second-order valence-electron chi connectivity index (χ2n) is 4.02. The lowest BCUT2D eigenvalue weighted by molar-refractivity contribution is -0.131. The van der Waals surface area contributed by atoms with E-state index in [1.165, 1.54) is 0 Å². The molecule has 0 heterocycles. The average Bonchev–Trinajstić information content (AvgIpc) is 2.29. The summed E-state index contributed by atoms with van der Waals surface area (Å²) in [6.45, 7) is 0.899. The maximum atomic E-state index is 11.5. The molecule has 17 heteroatoms. The maximum absolute atomic E-state index is 11.5. The third kappa shape index (κ3) is 9.13. The number of carbonyl (C=O) groups is 1. The molecular weight excluding hydrogens is 389 g/mol. The van der Waals surface area contributed by atoms with Crippen molar-refractivity contribution in [3.63, 3.8) is 0 Å². The molecule has 0 aromatic heterocycles. The van der Waals surface area contributed by atoms with Gasteiger partial charge < -0.3 is 39.7 Å². The van der Waals surface area contributed by atoms with E-state index < -0.39 is 47.9 Å². The second-order valence-corrected chi connectivity index (χ2v) is 8.39. The number of hydrogen-bond acceptors (Lipinski definition) is 10. The van der Waals surface area contributed by atoms with Crippen LogP contribution >= 0.6 is 23.5 Å². The molecule has 0 aromatic rings. The van der Waals surface area contributed by atoms with Crippen LogP contribution in [0.1, 0.15) is 6.92 Å². The standard InChI is InChI=1S/C6H15O14P3/c1-3(8)6(5(10)4(9)2-7)18-22(14,15)20-23(16,17)19-21(11,12)13/h2-6,8-10H,1H3,(H,14,15)(H,16,17)(H2,11,12,13)/t3-,4-,5-,6-/m0/s1. The molecule has 0 aliphatic heterocycles. The van der Waals surface area contributed by atoms with Crippen LogP contribution in [-0.2, 0) is 31.6 Å². The molecule has 0 aliphatic rings. The highest BCUT2D eigenvalue weighted by molar-refractivity contribution is 7.66. The Labute approximate surface area is 128 Å². The van der Waals surface area contributed by atoms with Gasteiger partial charge in [0.15, 0.2) is 6.29 Å². The van der Waals surface area contributed by atoms with E-state index in [4.69, 9.17) is 19.8 Å². The number of rotatable bonds is 10. The largest absolute Gasteiger partial charge is 0.490 e. The minimum absolute atomic E-state index is 0.194. The van der Waals surface area contributed by atoms with E-state index in [1.807, 2.05) is 0 Å². The Bertz CT molecular complexity index is 539. The monoisotopic (exact) mass is 404 g/mol. The number of phosphoric ester groups is 1. The molecule has 14 nitrogen and oxygen atoms in total. The van der Waals surface area contributed by atoms with Crippen LogP contribution in [0.3, 0.4) is 0 Å². The van der Waals surface area contributed by atoms with Crippen LogP contribution in [-0.4, -0.2) is 65.6 Å². The van der Waals surface area contributed by atoms with Crippen molar-refractivity contribution in [2.45, 2.75) is 31.3 Å². The highest BCUT2D eigenvalue weighted by Crippen LogP contribution is 2.66. The van der Waals surface area contributed by atoms with Crippen molar-refractivity contribution < 1.29 is 66.5 Å². The van der Waals surface area contributed by atoms with Gasteiger partial charge in [-0.25, -0.2) is 13.7 Å². The van der Waals surface area contributed by atoms with Crippen LogP contribution in [0.25, 0.3) is 0 Å². The van der Waals surface area contributed by atoms with Gasteiger partial charge in [-0.15, -0.1) is 0 Å². The van der Waals surface area contributed by atoms with Gasteiger partial charge in [-0.05, 0) is 6.92 Å². The summed E-state index contributed by atoms with van der Waals surface area (Å²) in [5.74, 6) is 0. The van der Waals surface area contributed by atoms with Crippen molar-refractivity contribution in [3.05, 3.63) is 0 Å². The normalized spacial score (nSPS) is 23.1. The van der Waals surface area contributed by atoms with Crippen LogP contribution < -0.4 is 0 Å². The zero-order valence-corrected chi connectivity index (χ0v) is 13.9. The van der Waals surface area contributed by atoms with Crippen molar-refractivity contribution in [2.24, 2.45) is 0 Å². The summed E-state index contributed by atoms with van der Waals surface area (Å²) in [4.78, 5) is 45.1. The molecule has 0 saturated carbocycles. The molecule has 23 heavy (non-hydrogen) atoms. The Morgan fingerprint density at radius 1 is 0.913 bits per heavy atom. The fourth-order valence-corrected chi connectivity index (χ4v) is 4.43. The third-order valence-electron chi connectivity index (χ3n) is 1.97. The Morgan fingerprint density at radius 3 is 1.74 bits per heavy atom. The lowest BCUT2D eigenvalue weighted by Gasteiger charge is -2.28. The molecule has 0 saturated heterocycles. The number of hydrogen-bond donors (Lipinski definition) is 7. The number of phosphoric acid groups is 3. The summed E-state index contributed by atoms with van der Waals surface area (Å²) >= 11 is 0. The van der Waals surface area contributed by atoms with Crippen LogP contribution in [0.15, 0.2) is 0 Å². The van der Waals surface area contributed by atoms with E-state index in [0.717, 1.165) is 6.92 Å². The predicted molar refractivity (Wildman–Crippen MR) is 68.5 cm³/mol. The van der Waals surface area contributed by atoms with E-state index in [2.05, 4.69) is 13.1 Å². The highest BCUT2D eigenvalue weighted by Gasteiger charge is 2.44. The topological polar surface area (TPSA) is 238 Å². The number of aliphatic hydroxyl groups is 3. The SMILES string of the molecule is C[C@H](O)[C@H](OP(=O)(O)OP(=O)(O)OP(=O)(O)O)[C@@H](O)[C@@H](O)C=O. The Kier molecular flexibility index (Phi) is 8.35. The molecule has 7 N–H and O–H groups in total. The molecule has 0 radical (unpaired) electrons. The summed E-state index contributed by atoms with van der Waals surface area (Å²) in [7, 11) is -17.0. The average molecular weight is 404 g/mol. The van der Waals surface area contributed by atoms with Crippen molar-refractivity contribution in [1.82, 2.24) is 0 Å². The number of carbonyl (C=O) groups excluding carboxylic acids is 1. The van der Waals surface area contributed by atoms with Gasteiger partial charge in [0.1, 0.15) is 18.3 Å². The molecule has 0 aromatic carbocycles. The minimum Gasteiger partial charge on any atom is -0.391 e. The van der Waals surface area contributed by atoms with Gasteiger partial charge in [0.05, 0.1) is 6.10 Å². The van der Waals surface area contributed by atoms with Crippen molar-refractivity contribution in [1.29, 1.82) is 0 Å². The van der Waals surface area contributed by atoms with Crippen molar-refractivity contribution in [3.8, 4) is 0 Å². The quantitative estimate of drug-likeness (QED) is 0.154. The van der Waals surface area contributed by atoms with E-state index in [0.29, 0.717) is 0 Å². The van der Waals surface area contributed by atoms with E-state index >= 15 is 0 Å². The van der Waals surface area contributed by atoms with E-state index in [-0.39, 0.29) is 6.29 Å². The molecule has 0 amide bonds. The summed E-state index contributed by atoms with van der Waals surface area (Å²) in [5, 5.41) is 27.8. The first kappa shape index (κ1) is 23.0. The van der Waals surface area contributed by atoms with Gasteiger partial charge in [0.25, 0.3) is 0 Å². The fraction of sp³-hybridized carbons (Fsp3) is 0.833. The zero-order chi connectivity index (χ0) is 18.6. The molecule has 0 bridgehead atoms. The first-order chi connectivity index (χ1) is 10.1. The number of aldehydes is 1. The minimum atomic E-state index is -5.78. The van der Waals surface area contributed by atoms with E-state index in [9.17, 15) is 33.6 Å². The maximum Gasteiger partial charge on any atom is 0.490 e. The van der Waals surface area contributed by atoms with Crippen molar-refractivity contribution in [2.75, 3.05) is 0 Å². The van der Waals surface area contributed by atoms with Crippen LogP contribution in [0.4, 0.5) is 0 Å².